The fraction of sp³-hybridized carbons (Fsp3) is 0.393. The third-order valence-electron chi connectivity index (χ3n) is 6.06. The number of aliphatic carboxylic acids is 1. The number of primary amides is 1. The Kier molecular flexibility index (Phi) is 13.2. The lowest BCUT2D eigenvalue weighted by Gasteiger charge is -2.26. The predicted octanol–water partition coefficient (Wildman–Crippen LogP) is -0.0244. The summed E-state index contributed by atoms with van der Waals surface area (Å²) in [6.07, 6.45) is -4.85. The number of rotatable bonds is 16. The van der Waals surface area contributed by atoms with Gasteiger partial charge in [0.25, 0.3) is 0 Å². The average Bonchev–Trinajstić information content (AvgIpc) is 2.93. The van der Waals surface area contributed by atoms with Crippen LogP contribution in [0.2, 0.25) is 0 Å². The van der Waals surface area contributed by atoms with Crippen molar-refractivity contribution in [3.8, 4) is 0 Å². The van der Waals surface area contributed by atoms with Crippen molar-refractivity contribution >= 4 is 29.8 Å². The molecule has 13 heteroatoms. The molecule has 0 aliphatic rings. The monoisotopic (exact) mass is 572 g/mol. The molecule has 13 nitrogen and oxygen atoms in total. The first-order chi connectivity index (χ1) is 19.5. The Labute approximate surface area is 237 Å². The number of alkyl carbamates (subject to hydrolysis) is 1. The lowest BCUT2D eigenvalue weighted by atomic mass is 9.98. The number of carbonyl (C=O) groups excluding carboxylic acids is 4. The number of amides is 4. The maximum Gasteiger partial charge on any atom is 0.407 e. The van der Waals surface area contributed by atoms with Gasteiger partial charge in [-0.1, -0.05) is 60.7 Å². The number of hydrogen-bond acceptors (Lipinski definition) is 8. The zero-order valence-electron chi connectivity index (χ0n) is 22.6. The van der Waals surface area contributed by atoms with E-state index in [2.05, 4.69) is 16.0 Å². The molecule has 0 saturated heterocycles. The van der Waals surface area contributed by atoms with E-state index in [1.54, 1.807) is 54.6 Å². The highest BCUT2D eigenvalue weighted by Crippen LogP contribution is 2.11. The van der Waals surface area contributed by atoms with E-state index in [1.165, 1.54) is 6.92 Å². The summed E-state index contributed by atoms with van der Waals surface area (Å²) in [4.78, 5) is 60.7. The first-order valence-corrected chi connectivity index (χ1v) is 12.9. The molecule has 2 aromatic rings. The van der Waals surface area contributed by atoms with Crippen LogP contribution in [0.25, 0.3) is 0 Å². The van der Waals surface area contributed by atoms with E-state index in [1.807, 2.05) is 6.07 Å². The summed E-state index contributed by atoms with van der Waals surface area (Å²) in [6, 6.07) is 14.0. The van der Waals surface area contributed by atoms with Gasteiger partial charge < -0.3 is 41.7 Å². The molecule has 0 aromatic heterocycles. The number of hydrogen-bond donors (Lipinski definition) is 7. The number of aliphatic hydroxyl groups excluding tert-OH is 2. The van der Waals surface area contributed by atoms with Crippen molar-refractivity contribution in [1.82, 2.24) is 16.0 Å². The van der Waals surface area contributed by atoms with Crippen molar-refractivity contribution < 1.29 is 44.0 Å². The van der Waals surface area contributed by atoms with Crippen LogP contribution in [0.3, 0.4) is 0 Å². The number of nitrogens with one attached hydrogen (secondary N) is 3. The first-order valence-electron chi connectivity index (χ1n) is 12.9. The van der Waals surface area contributed by atoms with Gasteiger partial charge in [0.2, 0.25) is 17.7 Å². The van der Waals surface area contributed by atoms with E-state index in [0.29, 0.717) is 0 Å². The lowest BCUT2D eigenvalue weighted by Crippen LogP contribution is -2.56. The van der Waals surface area contributed by atoms with Gasteiger partial charge in [-0.15, -0.1) is 0 Å². The molecule has 4 amide bonds. The standard InChI is InChI=1S/C28H36N4O9/c1-17(33)25(26(29)38)32-27(39)20(12-13-24(36)37)30-23(35)15-22(34)21(14-18-8-4-2-5-9-18)31-28(40)41-16-19-10-6-3-7-11-19/h2-11,17,20-22,25,33-34H,12-16H2,1H3,(H2,29,38)(H,30,35)(H,31,40)(H,32,39)(H,36,37)/t17-,20+,21+,22+,25+/m1/s1. The van der Waals surface area contributed by atoms with Gasteiger partial charge in [0.1, 0.15) is 18.7 Å². The van der Waals surface area contributed by atoms with Crippen LogP contribution in [0.1, 0.15) is 37.3 Å². The van der Waals surface area contributed by atoms with Gasteiger partial charge >= 0.3 is 12.1 Å². The molecule has 2 rings (SSSR count). The van der Waals surface area contributed by atoms with Crippen LogP contribution in [0.15, 0.2) is 60.7 Å². The topological polar surface area (TPSA) is 217 Å². The van der Waals surface area contributed by atoms with Crippen molar-refractivity contribution in [1.29, 1.82) is 0 Å². The molecule has 0 bridgehead atoms. The molecule has 2 aromatic carbocycles. The lowest BCUT2D eigenvalue weighted by molar-refractivity contribution is -0.138. The molecule has 5 atom stereocenters. The number of carboxylic acid groups (broad SMARTS) is 1. The molecule has 0 aliphatic carbocycles. The second-order valence-corrected chi connectivity index (χ2v) is 9.46. The van der Waals surface area contributed by atoms with Crippen molar-refractivity contribution in [3.63, 3.8) is 0 Å². The predicted molar refractivity (Wildman–Crippen MR) is 146 cm³/mol. The fourth-order valence-electron chi connectivity index (χ4n) is 3.87. The molecule has 0 fully saturated rings. The molecular weight excluding hydrogens is 536 g/mol. The van der Waals surface area contributed by atoms with Gasteiger partial charge in [-0.25, -0.2) is 4.79 Å². The highest BCUT2D eigenvalue weighted by atomic mass is 16.5. The van der Waals surface area contributed by atoms with Gasteiger partial charge in [-0.05, 0) is 30.9 Å². The molecule has 0 saturated carbocycles. The second-order valence-electron chi connectivity index (χ2n) is 9.46. The molecule has 8 N–H and O–H groups in total. The number of aliphatic hydroxyl groups is 2. The molecule has 0 radical (unpaired) electrons. The maximum atomic E-state index is 12.8. The minimum Gasteiger partial charge on any atom is -0.481 e. The summed E-state index contributed by atoms with van der Waals surface area (Å²) in [5.74, 6) is -4.03. The van der Waals surface area contributed by atoms with Gasteiger partial charge in [-0.2, -0.15) is 0 Å². The highest BCUT2D eigenvalue weighted by molar-refractivity contribution is 5.92. The molecule has 222 valence electrons. The average molecular weight is 573 g/mol. The van der Waals surface area contributed by atoms with Gasteiger partial charge in [0.15, 0.2) is 0 Å². The van der Waals surface area contributed by atoms with Crippen molar-refractivity contribution in [3.05, 3.63) is 71.8 Å². The molecule has 0 heterocycles. The third kappa shape index (κ3) is 12.1. The maximum absolute atomic E-state index is 12.8. The van der Waals surface area contributed by atoms with E-state index in [4.69, 9.17) is 15.6 Å². The van der Waals surface area contributed by atoms with Crippen LogP contribution in [0.5, 0.6) is 0 Å². The Bertz CT molecular complexity index is 1160. The summed E-state index contributed by atoms with van der Waals surface area (Å²) in [6.45, 7) is 1.21. The van der Waals surface area contributed by atoms with Crippen LogP contribution in [-0.4, -0.2) is 75.4 Å². The zero-order chi connectivity index (χ0) is 30.4. The van der Waals surface area contributed by atoms with Crippen LogP contribution in [0.4, 0.5) is 4.79 Å². The smallest absolute Gasteiger partial charge is 0.407 e. The quantitative estimate of drug-likeness (QED) is 0.143. The van der Waals surface area contributed by atoms with Gasteiger partial charge in [-0.3, -0.25) is 19.2 Å². The van der Waals surface area contributed by atoms with Crippen LogP contribution >= 0.6 is 0 Å². The van der Waals surface area contributed by atoms with E-state index < -0.39 is 73.0 Å². The summed E-state index contributed by atoms with van der Waals surface area (Å²) in [5, 5.41) is 36.8. The van der Waals surface area contributed by atoms with Crippen LogP contribution in [-0.2, 0) is 36.9 Å². The van der Waals surface area contributed by atoms with E-state index >= 15 is 0 Å². The number of benzene rings is 2. The molecule has 41 heavy (non-hydrogen) atoms. The normalized spacial score (nSPS) is 14.4. The van der Waals surface area contributed by atoms with E-state index in [0.717, 1.165) is 11.1 Å². The number of carbonyl (C=O) groups is 5. The summed E-state index contributed by atoms with van der Waals surface area (Å²) >= 11 is 0. The largest absolute Gasteiger partial charge is 0.481 e. The number of carboxylic acids is 1. The Hall–Kier alpha value is -4.49. The van der Waals surface area contributed by atoms with Gasteiger partial charge in [0.05, 0.1) is 24.7 Å². The molecule has 0 unspecified atom stereocenters. The van der Waals surface area contributed by atoms with Gasteiger partial charge in [0, 0.05) is 6.42 Å². The summed E-state index contributed by atoms with van der Waals surface area (Å²) < 4.78 is 5.25. The Morgan fingerprint density at radius 3 is 2.00 bits per heavy atom. The number of ether oxygens (including phenoxy) is 1. The van der Waals surface area contributed by atoms with Crippen LogP contribution < -0.4 is 21.7 Å². The minimum atomic E-state index is -1.47. The highest BCUT2D eigenvalue weighted by Gasteiger charge is 2.30. The Balaban J connectivity index is 2.10. The van der Waals surface area contributed by atoms with Crippen molar-refractivity contribution in [2.24, 2.45) is 5.73 Å². The zero-order valence-corrected chi connectivity index (χ0v) is 22.6. The fourth-order valence-corrected chi connectivity index (χ4v) is 3.87. The molecular formula is C28H36N4O9. The van der Waals surface area contributed by atoms with E-state index in [-0.39, 0.29) is 19.4 Å². The first kappa shape index (κ1) is 32.7. The Morgan fingerprint density at radius 1 is 0.878 bits per heavy atom. The second kappa shape index (κ2) is 16.6. The third-order valence-corrected chi connectivity index (χ3v) is 6.06. The Morgan fingerprint density at radius 2 is 1.46 bits per heavy atom. The summed E-state index contributed by atoms with van der Waals surface area (Å²) in [7, 11) is 0. The minimum absolute atomic E-state index is 0.0135. The van der Waals surface area contributed by atoms with Crippen molar-refractivity contribution in [2.75, 3.05) is 0 Å². The van der Waals surface area contributed by atoms with E-state index in [9.17, 15) is 34.2 Å². The molecule has 0 aliphatic heterocycles. The summed E-state index contributed by atoms with van der Waals surface area (Å²) in [5.41, 5.74) is 6.70. The van der Waals surface area contributed by atoms with Crippen LogP contribution in [0, 0.1) is 0 Å². The molecule has 0 spiro atoms. The SMILES string of the molecule is C[C@@H](O)[C@H](NC(=O)[C@H](CCC(=O)O)NC(=O)C[C@H](O)[C@H](Cc1ccccc1)NC(=O)OCc1ccccc1)C(N)=O. The number of nitrogens with two attached hydrogens (primary N) is 1. The van der Waals surface area contributed by atoms with Crippen molar-refractivity contribution in [2.45, 2.75) is 69.5 Å².